The van der Waals surface area contributed by atoms with E-state index >= 15 is 0 Å². The molecular formula is C16H18FN3O2. The minimum absolute atomic E-state index is 0.176. The molecule has 1 aromatic carbocycles. The molecule has 116 valence electrons. The summed E-state index contributed by atoms with van der Waals surface area (Å²) in [6, 6.07) is 3.07. The van der Waals surface area contributed by atoms with Gasteiger partial charge in [-0.3, -0.25) is 15.0 Å². The molecule has 2 heterocycles. The minimum Gasteiger partial charge on any atom is -0.345 e. The molecule has 1 saturated heterocycles. The van der Waals surface area contributed by atoms with Gasteiger partial charge < -0.3 is 4.57 Å². The lowest BCUT2D eigenvalue weighted by Crippen LogP contribution is -2.49. The van der Waals surface area contributed by atoms with Crippen molar-refractivity contribution >= 4 is 28.5 Å². The van der Waals surface area contributed by atoms with Crippen LogP contribution in [0.15, 0.2) is 18.3 Å². The van der Waals surface area contributed by atoms with Crippen LogP contribution < -0.4 is 10.2 Å². The Morgan fingerprint density at radius 1 is 1.27 bits per heavy atom. The van der Waals surface area contributed by atoms with E-state index in [1.165, 1.54) is 4.90 Å². The van der Waals surface area contributed by atoms with Gasteiger partial charge in [0, 0.05) is 30.6 Å². The quantitative estimate of drug-likeness (QED) is 0.926. The van der Waals surface area contributed by atoms with Gasteiger partial charge in [0.2, 0.25) is 5.91 Å². The zero-order valence-electron chi connectivity index (χ0n) is 12.8. The average molecular weight is 303 g/mol. The highest BCUT2D eigenvalue weighted by atomic mass is 19.1. The van der Waals surface area contributed by atoms with Crippen molar-refractivity contribution in [1.29, 1.82) is 0 Å². The monoisotopic (exact) mass is 303 g/mol. The molecule has 6 heteroatoms. The topological polar surface area (TPSA) is 54.3 Å². The van der Waals surface area contributed by atoms with Crippen molar-refractivity contribution in [3.8, 4) is 0 Å². The first kappa shape index (κ1) is 14.6. The van der Waals surface area contributed by atoms with Gasteiger partial charge >= 0.3 is 6.03 Å². The predicted molar refractivity (Wildman–Crippen MR) is 82.5 cm³/mol. The normalized spacial score (nSPS) is 15.8. The van der Waals surface area contributed by atoms with Crippen LogP contribution in [0, 0.1) is 12.7 Å². The first-order valence-corrected chi connectivity index (χ1v) is 7.31. The number of urea groups is 1. The molecule has 0 spiro atoms. The molecule has 22 heavy (non-hydrogen) atoms. The maximum Gasteiger partial charge on any atom is 0.328 e. The molecular weight excluding hydrogens is 285 g/mol. The van der Waals surface area contributed by atoms with Gasteiger partial charge in [0.15, 0.2) is 5.82 Å². The summed E-state index contributed by atoms with van der Waals surface area (Å²) in [6.45, 7) is 6.12. The van der Waals surface area contributed by atoms with E-state index in [9.17, 15) is 14.0 Å². The molecule has 0 radical (unpaired) electrons. The van der Waals surface area contributed by atoms with E-state index < -0.39 is 11.8 Å². The van der Waals surface area contributed by atoms with E-state index in [0.717, 1.165) is 11.1 Å². The maximum atomic E-state index is 14.9. The van der Waals surface area contributed by atoms with E-state index in [-0.39, 0.29) is 30.6 Å². The number of aromatic nitrogens is 1. The standard InChI is InChI=1S/C16H18FN3O2/c1-9(2)20-8-10(3)14-11(20)4-5-12(15(14)17)19-7-6-13(21)18-16(19)22/h4-5,8-9H,6-7H2,1-3H3,(H,18,21,22). The Morgan fingerprint density at radius 3 is 2.64 bits per heavy atom. The highest BCUT2D eigenvalue weighted by Crippen LogP contribution is 2.33. The van der Waals surface area contributed by atoms with E-state index in [0.29, 0.717) is 5.39 Å². The zero-order valence-corrected chi connectivity index (χ0v) is 12.8. The van der Waals surface area contributed by atoms with Crippen LogP contribution in [-0.4, -0.2) is 23.1 Å². The average Bonchev–Trinajstić information content (AvgIpc) is 2.78. The van der Waals surface area contributed by atoms with Crippen molar-refractivity contribution in [1.82, 2.24) is 9.88 Å². The van der Waals surface area contributed by atoms with Crippen LogP contribution in [0.25, 0.3) is 10.9 Å². The van der Waals surface area contributed by atoms with Crippen LogP contribution in [0.5, 0.6) is 0 Å². The summed E-state index contributed by atoms with van der Waals surface area (Å²) in [5.41, 5.74) is 1.85. The van der Waals surface area contributed by atoms with Crippen molar-refractivity contribution in [2.45, 2.75) is 33.2 Å². The van der Waals surface area contributed by atoms with Gasteiger partial charge in [0.1, 0.15) is 0 Å². The second kappa shape index (κ2) is 5.12. The van der Waals surface area contributed by atoms with Gasteiger partial charge in [-0.15, -0.1) is 0 Å². The Balaban J connectivity index is 2.13. The Bertz CT molecular complexity index is 779. The number of imide groups is 1. The molecule has 3 amide bonds. The zero-order chi connectivity index (χ0) is 16.0. The number of hydrogen-bond donors (Lipinski definition) is 1. The van der Waals surface area contributed by atoms with Crippen molar-refractivity contribution in [2.24, 2.45) is 0 Å². The minimum atomic E-state index is -0.574. The molecule has 1 aliphatic heterocycles. The molecule has 0 unspecified atom stereocenters. The first-order chi connectivity index (χ1) is 10.4. The lowest BCUT2D eigenvalue weighted by molar-refractivity contribution is -0.120. The summed E-state index contributed by atoms with van der Waals surface area (Å²) in [5, 5.41) is 2.74. The second-order valence-electron chi connectivity index (χ2n) is 5.86. The van der Waals surface area contributed by atoms with Crippen LogP contribution in [0.1, 0.15) is 31.9 Å². The van der Waals surface area contributed by atoms with E-state index in [1.807, 2.05) is 37.6 Å². The fourth-order valence-corrected chi connectivity index (χ4v) is 2.92. The maximum absolute atomic E-state index is 14.9. The third kappa shape index (κ3) is 2.15. The van der Waals surface area contributed by atoms with Gasteiger partial charge in [-0.05, 0) is 38.5 Å². The van der Waals surface area contributed by atoms with Crippen LogP contribution >= 0.6 is 0 Å². The van der Waals surface area contributed by atoms with Crippen LogP contribution in [0.2, 0.25) is 0 Å². The number of benzene rings is 1. The fourth-order valence-electron chi connectivity index (χ4n) is 2.92. The lowest BCUT2D eigenvalue weighted by Gasteiger charge is -2.27. The van der Waals surface area contributed by atoms with E-state index in [1.54, 1.807) is 6.07 Å². The van der Waals surface area contributed by atoms with Gasteiger partial charge in [-0.1, -0.05) is 0 Å². The van der Waals surface area contributed by atoms with E-state index in [4.69, 9.17) is 0 Å². The number of anilines is 1. The molecule has 2 aromatic rings. The number of fused-ring (bicyclic) bond motifs is 1. The van der Waals surface area contributed by atoms with Crippen LogP contribution in [-0.2, 0) is 4.79 Å². The van der Waals surface area contributed by atoms with Crippen molar-refractivity contribution < 1.29 is 14.0 Å². The second-order valence-corrected chi connectivity index (χ2v) is 5.86. The number of nitrogens with one attached hydrogen (secondary N) is 1. The number of halogens is 1. The Hall–Kier alpha value is -2.37. The molecule has 0 saturated carbocycles. The molecule has 1 aromatic heterocycles. The number of aryl methyl sites for hydroxylation is 1. The summed E-state index contributed by atoms with van der Waals surface area (Å²) < 4.78 is 17.0. The van der Waals surface area contributed by atoms with Gasteiger partial charge in [-0.25, -0.2) is 9.18 Å². The van der Waals surface area contributed by atoms with Crippen molar-refractivity contribution in [3.05, 3.63) is 29.7 Å². The largest absolute Gasteiger partial charge is 0.345 e. The van der Waals surface area contributed by atoms with Crippen molar-refractivity contribution in [2.75, 3.05) is 11.4 Å². The lowest BCUT2D eigenvalue weighted by atomic mass is 10.1. The summed E-state index contributed by atoms with van der Waals surface area (Å²) in [5.74, 6) is -0.747. The number of amides is 3. The smallest absolute Gasteiger partial charge is 0.328 e. The Morgan fingerprint density at radius 2 is 2.00 bits per heavy atom. The molecule has 1 aliphatic rings. The first-order valence-electron chi connectivity index (χ1n) is 7.31. The van der Waals surface area contributed by atoms with Gasteiger partial charge in [0.25, 0.3) is 0 Å². The molecule has 1 fully saturated rings. The highest BCUT2D eigenvalue weighted by molar-refractivity contribution is 6.06. The molecule has 1 N–H and O–H groups in total. The SMILES string of the molecule is Cc1cn(C(C)C)c2ccc(N3CCC(=O)NC3=O)c(F)c12. The predicted octanol–water partition coefficient (Wildman–Crippen LogP) is 3.12. The number of hydrogen-bond acceptors (Lipinski definition) is 2. The summed E-state index contributed by atoms with van der Waals surface area (Å²) >= 11 is 0. The van der Waals surface area contributed by atoms with Crippen LogP contribution in [0.4, 0.5) is 14.9 Å². The number of rotatable bonds is 2. The number of nitrogens with zero attached hydrogens (tertiary/aromatic N) is 2. The van der Waals surface area contributed by atoms with Crippen molar-refractivity contribution in [3.63, 3.8) is 0 Å². The Kier molecular flexibility index (Phi) is 3.39. The fraction of sp³-hybridized carbons (Fsp3) is 0.375. The van der Waals surface area contributed by atoms with Gasteiger partial charge in [-0.2, -0.15) is 0 Å². The third-order valence-electron chi connectivity index (χ3n) is 4.01. The Labute approximate surface area is 127 Å². The number of carbonyl (C=O) groups excluding carboxylic acids is 2. The summed E-state index contributed by atoms with van der Waals surface area (Å²) in [4.78, 5) is 24.4. The summed E-state index contributed by atoms with van der Waals surface area (Å²) in [6.07, 6.45) is 2.09. The molecule has 0 bridgehead atoms. The summed E-state index contributed by atoms with van der Waals surface area (Å²) in [7, 11) is 0. The molecule has 0 aliphatic carbocycles. The van der Waals surface area contributed by atoms with Crippen LogP contribution in [0.3, 0.4) is 0 Å². The third-order valence-corrected chi connectivity index (χ3v) is 4.01. The van der Waals surface area contributed by atoms with E-state index in [2.05, 4.69) is 5.32 Å². The molecule has 3 rings (SSSR count). The molecule has 0 atom stereocenters. The van der Waals surface area contributed by atoms with Gasteiger partial charge in [0.05, 0.1) is 11.2 Å². The highest BCUT2D eigenvalue weighted by Gasteiger charge is 2.27. The molecule has 5 nitrogen and oxygen atoms in total. The number of carbonyl (C=O) groups is 2.